The number of rotatable bonds is 7. The molecule has 0 bridgehead atoms. The van der Waals surface area contributed by atoms with Crippen LogP contribution in [-0.4, -0.2) is 35.9 Å². The summed E-state index contributed by atoms with van der Waals surface area (Å²) < 4.78 is 0. The Morgan fingerprint density at radius 2 is 1.86 bits per heavy atom. The molecule has 1 atom stereocenters. The number of carbonyl (C=O) groups is 1. The van der Waals surface area contributed by atoms with E-state index in [0.717, 1.165) is 17.7 Å². The molecule has 0 aliphatic carbocycles. The van der Waals surface area contributed by atoms with E-state index in [2.05, 4.69) is 38.1 Å². The largest absolute Gasteiger partial charge is 0.340 e. The predicted molar refractivity (Wildman–Crippen MR) is 95.2 cm³/mol. The lowest BCUT2D eigenvalue weighted by Crippen LogP contribution is -2.41. The predicted octanol–water partition coefficient (Wildman–Crippen LogP) is 3.27. The normalized spacial score (nSPS) is 11.9. The van der Waals surface area contributed by atoms with Crippen LogP contribution in [0.3, 0.4) is 0 Å². The minimum absolute atomic E-state index is 0. The second kappa shape index (κ2) is 10.1. The first-order valence-electron chi connectivity index (χ1n) is 7.04. The molecule has 0 aromatic heterocycles. The van der Waals surface area contributed by atoms with Crippen LogP contribution in [0.15, 0.2) is 24.3 Å². The Kier molecular flexibility index (Phi) is 9.75. The van der Waals surface area contributed by atoms with Crippen LogP contribution in [0.25, 0.3) is 0 Å². The summed E-state index contributed by atoms with van der Waals surface area (Å²) in [6, 6.07) is 8.05. The molecule has 1 rings (SSSR count). The van der Waals surface area contributed by atoms with Gasteiger partial charge in [-0.3, -0.25) is 4.79 Å². The Morgan fingerprint density at radius 3 is 2.33 bits per heavy atom. The first kappa shape index (κ1) is 20.3. The molecule has 5 heteroatoms. The van der Waals surface area contributed by atoms with Gasteiger partial charge in [0.2, 0.25) is 5.91 Å². The van der Waals surface area contributed by atoms with Crippen LogP contribution >= 0.6 is 24.2 Å². The first-order chi connectivity index (χ1) is 9.45. The molecule has 0 aliphatic rings. The Bertz CT molecular complexity index is 423. The van der Waals surface area contributed by atoms with E-state index in [1.807, 2.05) is 13.3 Å². The summed E-state index contributed by atoms with van der Waals surface area (Å²) in [6.07, 6.45) is 2.76. The lowest BCUT2D eigenvalue weighted by molar-refractivity contribution is -0.131. The van der Waals surface area contributed by atoms with Crippen molar-refractivity contribution < 1.29 is 4.79 Å². The number of amides is 1. The highest BCUT2D eigenvalue weighted by Crippen LogP contribution is 2.15. The summed E-state index contributed by atoms with van der Waals surface area (Å²) in [4.78, 5) is 13.8. The number of halogens is 1. The van der Waals surface area contributed by atoms with E-state index >= 15 is 0 Å². The van der Waals surface area contributed by atoms with Crippen molar-refractivity contribution in [3.8, 4) is 0 Å². The number of benzene rings is 1. The Morgan fingerprint density at radius 1 is 1.29 bits per heavy atom. The minimum atomic E-state index is -0.387. The SMILES string of the molecule is CSCC[C@H](N)C(=O)N(C)Cc1ccc(C(C)C)cc1.Cl. The van der Waals surface area contributed by atoms with Gasteiger partial charge < -0.3 is 10.6 Å². The van der Waals surface area contributed by atoms with Gasteiger partial charge in [0.05, 0.1) is 6.04 Å². The number of likely N-dealkylation sites (N-methyl/N-ethyl adjacent to an activating group) is 1. The van der Waals surface area contributed by atoms with E-state index in [1.165, 1.54) is 5.56 Å². The van der Waals surface area contributed by atoms with E-state index < -0.39 is 0 Å². The van der Waals surface area contributed by atoms with Crippen LogP contribution in [-0.2, 0) is 11.3 Å². The maximum atomic E-state index is 12.1. The van der Waals surface area contributed by atoms with Gasteiger partial charge in [0.25, 0.3) is 0 Å². The molecule has 3 nitrogen and oxygen atoms in total. The molecule has 0 radical (unpaired) electrons. The van der Waals surface area contributed by atoms with Crippen LogP contribution < -0.4 is 5.73 Å². The Balaban J connectivity index is 0.00000400. The van der Waals surface area contributed by atoms with Gasteiger partial charge in [-0.05, 0) is 35.5 Å². The molecule has 2 N–H and O–H groups in total. The summed E-state index contributed by atoms with van der Waals surface area (Å²) in [5, 5.41) is 0. The number of hydrogen-bond acceptors (Lipinski definition) is 3. The van der Waals surface area contributed by atoms with Crippen LogP contribution in [0.1, 0.15) is 37.3 Å². The molecule has 1 amide bonds. The van der Waals surface area contributed by atoms with Crippen molar-refractivity contribution in [1.29, 1.82) is 0 Å². The zero-order valence-corrected chi connectivity index (χ0v) is 15.0. The summed E-state index contributed by atoms with van der Waals surface area (Å²) >= 11 is 1.72. The van der Waals surface area contributed by atoms with Crippen LogP contribution in [0.5, 0.6) is 0 Å². The van der Waals surface area contributed by atoms with Crippen molar-refractivity contribution in [3.05, 3.63) is 35.4 Å². The van der Waals surface area contributed by atoms with Crippen molar-refractivity contribution in [2.75, 3.05) is 19.1 Å². The van der Waals surface area contributed by atoms with E-state index in [-0.39, 0.29) is 24.4 Å². The van der Waals surface area contributed by atoms with E-state index in [4.69, 9.17) is 5.73 Å². The van der Waals surface area contributed by atoms with Gasteiger partial charge in [0, 0.05) is 13.6 Å². The number of thioether (sulfide) groups is 1. The fourth-order valence-electron chi connectivity index (χ4n) is 2.01. The maximum Gasteiger partial charge on any atom is 0.239 e. The van der Waals surface area contributed by atoms with Crippen molar-refractivity contribution in [2.24, 2.45) is 5.73 Å². The van der Waals surface area contributed by atoms with Crippen LogP contribution in [0, 0.1) is 0 Å². The van der Waals surface area contributed by atoms with E-state index in [0.29, 0.717) is 12.5 Å². The van der Waals surface area contributed by atoms with Crippen LogP contribution in [0.4, 0.5) is 0 Å². The summed E-state index contributed by atoms with van der Waals surface area (Å²) in [6.45, 7) is 4.97. The number of nitrogens with zero attached hydrogens (tertiary/aromatic N) is 1. The third kappa shape index (κ3) is 6.72. The molecule has 1 aromatic carbocycles. The first-order valence-corrected chi connectivity index (χ1v) is 8.43. The lowest BCUT2D eigenvalue weighted by atomic mass is 10.0. The second-order valence-electron chi connectivity index (χ2n) is 5.48. The molecule has 21 heavy (non-hydrogen) atoms. The maximum absolute atomic E-state index is 12.1. The van der Waals surface area contributed by atoms with Gasteiger partial charge in [-0.2, -0.15) is 11.8 Å². The summed E-state index contributed by atoms with van der Waals surface area (Å²) in [7, 11) is 1.82. The molecule has 0 heterocycles. The zero-order valence-electron chi connectivity index (χ0n) is 13.3. The Hall–Kier alpha value is -0.710. The highest BCUT2D eigenvalue weighted by molar-refractivity contribution is 7.98. The molecule has 120 valence electrons. The summed E-state index contributed by atoms with van der Waals surface area (Å²) in [5.74, 6) is 1.47. The molecule has 0 fully saturated rings. The monoisotopic (exact) mass is 330 g/mol. The van der Waals surface area contributed by atoms with Gasteiger partial charge in [-0.15, -0.1) is 12.4 Å². The summed E-state index contributed by atoms with van der Waals surface area (Å²) in [5.41, 5.74) is 8.38. The standard InChI is InChI=1S/C16H26N2OS.ClH/c1-12(2)14-7-5-13(6-8-14)11-18(3)16(19)15(17)9-10-20-4;/h5-8,12,15H,9-11,17H2,1-4H3;1H/t15-;/m0./s1. The third-order valence-electron chi connectivity index (χ3n) is 3.39. The van der Waals surface area contributed by atoms with E-state index in [9.17, 15) is 4.79 Å². The topological polar surface area (TPSA) is 46.3 Å². The number of carbonyl (C=O) groups excluding carboxylic acids is 1. The minimum Gasteiger partial charge on any atom is -0.340 e. The number of nitrogens with two attached hydrogens (primary N) is 1. The van der Waals surface area contributed by atoms with Crippen molar-refractivity contribution in [1.82, 2.24) is 4.90 Å². The molecular formula is C16H27ClN2OS. The van der Waals surface area contributed by atoms with Crippen molar-refractivity contribution in [3.63, 3.8) is 0 Å². The van der Waals surface area contributed by atoms with Gasteiger partial charge in [-0.25, -0.2) is 0 Å². The van der Waals surface area contributed by atoms with Crippen LogP contribution in [0.2, 0.25) is 0 Å². The fourth-order valence-corrected chi connectivity index (χ4v) is 2.50. The highest BCUT2D eigenvalue weighted by Gasteiger charge is 2.17. The average Bonchev–Trinajstić information content (AvgIpc) is 2.44. The van der Waals surface area contributed by atoms with E-state index in [1.54, 1.807) is 16.7 Å². The highest BCUT2D eigenvalue weighted by atomic mass is 35.5. The average molecular weight is 331 g/mol. The smallest absolute Gasteiger partial charge is 0.239 e. The van der Waals surface area contributed by atoms with Gasteiger partial charge >= 0.3 is 0 Å². The molecule has 0 unspecified atom stereocenters. The number of hydrogen-bond donors (Lipinski definition) is 1. The molecule has 0 saturated heterocycles. The van der Waals surface area contributed by atoms with Gasteiger partial charge in [0.15, 0.2) is 0 Å². The molecular weight excluding hydrogens is 304 g/mol. The fraction of sp³-hybridized carbons (Fsp3) is 0.562. The van der Waals surface area contributed by atoms with Crippen molar-refractivity contribution >= 4 is 30.1 Å². The Labute approximate surface area is 139 Å². The molecule has 1 aromatic rings. The lowest BCUT2D eigenvalue weighted by Gasteiger charge is -2.21. The van der Waals surface area contributed by atoms with Crippen molar-refractivity contribution in [2.45, 2.75) is 38.8 Å². The molecule has 0 spiro atoms. The van der Waals surface area contributed by atoms with Gasteiger partial charge in [0.1, 0.15) is 0 Å². The second-order valence-corrected chi connectivity index (χ2v) is 6.46. The quantitative estimate of drug-likeness (QED) is 0.834. The molecule has 0 saturated carbocycles. The van der Waals surface area contributed by atoms with Gasteiger partial charge in [-0.1, -0.05) is 38.1 Å². The zero-order chi connectivity index (χ0) is 15.1. The molecule has 0 aliphatic heterocycles. The third-order valence-corrected chi connectivity index (χ3v) is 4.04.